The second kappa shape index (κ2) is 8.30. The van der Waals surface area contributed by atoms with E-state index in [0.717, 1.165) is 38.0 Å². The van der Waals surface area contributed by atoms with E-state index in [4.69, 9.17) is 4.74 Å². The summed E-state index contributed by atoms with van der Waals surface area (Å²) in [5.74, 6) is 0.573. The van der Waals surface area contributed by atoms with Gasteiger partial charge in [-0.15, -0.1) is 0 Å². The van der Waals surface area contributed by atoms with Crippen molar-refractivity contribution in [2.45, 2.75) is 19.3 Å². The normalized spacial score (nSPS) is 22.6. The van der Waals surface area contributed by atoms with Gasteiger partial charge in [-0.2, -0.15) is 0 Å². The van der Waals surface area contributed by atoms with Crippen molar-refractivity contribution in [3.63, 3.8) is 0 Å². The number of aryl methyl sites for hydroxylation is 2. The Morgan fingerprint density at radius 1 is 1.28 bits per heavy atom. The monoisotopic (exact) mass is 346 g/mol. The maximum absolute atomic E-state index is 12.9. The second-order valence-corrected chi connectivity index (χ2v) is 7.50. The summed E-state index contributed by atoms with van der Waals surface area (Å²) in [5, 5.41) is 9.74. The number of hydrogen-bond donors (Lipinski definition) is 1. The third-order valence-corrected chi connectivity index (χ3v) is 5.67. The molecule has 2 unspecified atom stereocenters. The molecule has 0 saturated carbocycles. The lowest BCUT2D eigenvalue weighted by Gasteiger charge is -2.23. The van der Waals surface area contributed by atoms with Crippen LogP contribution >= 0.6 is 0 Å². The van der Waals surface area contributed by atoms with Crippen LogP contribution in [0.4, 0.5) is 0 Å². The van der Waals surface area contributed by atoms with E-state index >= 15 is 0 Å². The third kappa shape index (κ3) is 4.22. The molecule has 5 heteroatoms. The predicted molar refractivity (Wildman–Crippen MR) is 97.8 cm³/mol. The summed E-state index contributed by atoms with van der Waals surface area (Å²) in [6, 6.07) is 6.17. The van der Waals surface area contributed by atoms with Gasteiger partial charge >= 0.3 is 0 Å². The lowest BCUT2D eigenvalue weighted by atomic mass is 9.96. The highest BCUT2D eigenvalue weighted by Crippen LogP contribution is 2.27. The number of carbonyl (C=O) groups is 1. The molecule has 5 nitrogen and oxygen atoms in total. The maximum Gasteiger partial charge on any atom is 0.253 e. The van der Waals surface area contributed by atoms with E-state index in [1.807, 2.05) is 11.0 Å². The molecule has 1 heterocycles. The molecular formula is C20H30N2O3. The van der Waals surface area contributed by atoms with E-state index in [1.54, 1.807) is 7.11 Å². The lowest BCUT2D eigenvalue weighted by Crippen LogP contribution is -2.33. The van der Waals surface area contributed by atoms with Gasteiger partial charge in [0, 0.05) is 51.4 Å². The van der Waals surface area contributed by atoms with Crippen molar-refractivity contribution in [3.05, 3.63) is 34.9 Å². The van der Waals surface area contributed by atoms with Gasteiger partial charge in [0.05, 0.1) is 6.61 Å². The summed E-state index contributed by atoms with van der Waals surface area (Å²) in [7, 11) is 3.77. The lowest BCUT2D eigenvalue weighted by molar-refractivity contribution is 0.0778. The zero-order valence-corrected chi connectivity index (χ0v) is 15.4. The van der Waals surface area contributed by atoms with Gasteiger partial charge < -0.3 is 19.6 Å². The summed E-state index contributed by atoms with van der Waals surface area (Å²) in [5.41, 5.74) is 3.52. The Kier molecular flexibility index (Phi) is 6.10. The van der Waals surface area contributed by atoms with Crippen molar-refractivity contribution < 1.29 is 14.6 Å². The molecule has 138 valence electrons. The van der Waals surface area contributed by atoms with Crippen LogP contribution in [0.3, 0.4) is 0 Å². The van der Waals surface area contributed by atoms with Crippen LogP contribution in [0.15, 0.2) is 18.2 Å². The molecule has 0 spiro atoms. The Balaban J connectivity index is 1.63. The number of aliphatic hydroxyl groups is 1. The van der Waals surface area contributed by atoms with Gasteiger partial charge in [-0.25, -0.2) is 0 Å². The van der Waals surface area contributed by atoms with Crippen LogP contribution in [0.25, 0.3) is 0 Å². The van der Waals surface area contributed by atoms with E-state index in [2.05, 4.69) is 24.1 Å². The highest BCUT2D eigenvalue weighted by molar-refractivity contribution is 5.94. The molecule has 1 aliphatic carbocycles. The molecule has 1 saturated heterocycles. The van der Waals surface area contributed by atoms with Crippen LogP contribution in [0.2, 0.25) is 0 Å². The number of aliphatic hydroxyl groups excluding tert-OH is 1. The molecular weight excluding hydrogens is 316 g/mol. The number of benzene rings is 1. The minimum atomic E-state index is 0.107. The minimum Gasteiger partial charge on any atom is -0.396 e. The summed E-state index contributed by atoms with van der Waals surface area (Å²) in [6.45, 7) is 3.95. The van der Waals surface area contributed by atoms with Gasteiger partial charge in [-0.3, -0.25) is 4.79 Å². The maximum atomic E-state index is 12.9. The number of likely N-dealkylation sites (tertiary alicyclic amines) is 1. The van der Waals surface area contributed by atoms with E-state index in [0.29, 0.717) is 19.1 Å². The van der Waals surface area contributed by atoms with Gasteiger partial charge in [0.1, 0.15) is 0 Å². The second-order valence-electron chi connectivity index (χ2n) is 7.50. The van der Waals surface area contributed by atoms with Crippen molar-refractivity contribution in [2.24, 2.45) is 11.8 Å². The molecule has 2 aliphatic rings. The molecule has 1 aromatic carbocycles. The fraction of sp³-hybridized carbons (Fsp3) is 0.650. The first kappa shape index (κ1) is 18.4. The van der Waals surface area contributed by atoms with Crippen molar-refractivity contribution in [1.82, 2.24) is 9.80 Å². The van der Waals surface area contributed by atoms with E-state index < -0.39 is 0 Å². The average molecular weight is 346 g/mol. The number of fused-ring (bicyclic) bond motifs is 1. The van der Waals surface area contributed by atoms with Crippen LogP contribution < -0.4 is 0 Å². The zero-order valence-electron chi connectivity index (χ0n) is 15.4. The third-order valence-electron chi connectivity index (χ3n) is 5.67. The molecule has 3 rings (SSSR count). The number of hydrogen-bond acceptors (Lipinski definition) is 4. The molecule has 0 bridgehead atoms. The van der Waals surface area contributed by atoms with Gasteiger partial charge in [0.25, 0.3) is 5.91 Å². The van der Waals surface area contributed by atoms with Gasteiger partial charge in [0.15, 0.2) is 0 Å². The van der Waals surface area contributed by atoms with E-state index in [1.165, 1.54) is 17.5 Å². The zero-order chi connectivity index (χ0) is 17.8. The smallest absolute Gasteiger partial charge is 0.253 e. The molecule has 0 aromatic heterocycles. The summed E-state index contributed by atoms with van der Waals surface area (Å²) in [6.07, 6.45) is 3.41. The Morgan fingerprint density at radius 3 is 2.80 bits per heavy atom. The highest BCUT2D eigenvalue weighted by atomic mass is 16.5. The van der Waals surface area contributed by atoms with Gasteiger partial charge in [-0.1, -0.05) is 6.07 Å². The highest BCUT2D eigenvalue weighted by Gasteiger charge is 2.35. The molecule has 25 heavy (non-hydrogen) atoms. The minimum absolute atomic E-state index is 0.107. The first-order valence-corrected chi connectivity index (χ1v) is 9.31. The number of nitrogens with zero attached hydrogens (tertiary/aromatic N) is 2. The molecule has 1 N–H and O–H groups in total. The fourth-order valence-corrected chi connectivity index (χ4v) is 4.14. The van der Waals surface area contributed by atoms with Crippen LogP contribution in [0.5, 0.6) is 0 Å². The quantitative estimate of drug-likeness (QED) is 0.812. The Labute approximate surface area is 150 Å². The molecule has 1 fully saturated rings. The van der Waals surface area contributed by atoms with Crippen LogP contribution in [0.1, 0.15) is 27.9 Å². The standard InChI is InChI=1S/C20H30N2O3/c1-21(8-9-25-2)11-18-12-22(13-19(18)14-23)20(24)17-7-6-15-4-3-5-16(15)10-17/h6-7,10,18-19,23H,3-5,8-9,11-14H2,1-2H3. The number of rotatable bonds is 7. The molecule has 2 atom stereocenters. The van der Waals surface area contributed by atoms with Crippen LogP contribution in [-0.2, 0) is 17.6 Å². The summed E-state index contributed by atoms with van der Waals surface area (Å²) in [4.78, 5) is 17.1. The molecule has 1 aromatic rings. The van der Waals surface area contributed by atoms with Crippen LogP contribution in [0, 0.1) is 11.8 Å². The van der Waals surface area contributed by atoms with Crippen molar-refractivity contribution in [1.29, 1.82) is 0 Å². The average Bonchev–Trinajstić information content (AvgIpc) is 3.25. The SMILES string of the molecule is COCCN(C)CC1CN(C(=O)c2ccc3c(c2)CCC3)CC1CO. The van der Waals surface area contributed by atoms with Crippen molar-refractivity contribution in [3.8, 4) is 0 Å². The van der Waals surface area contributed by atoms with E-state index in [-0.39, 0.29) is 18.4 Å². The number of ether oxygens (including phenoxy) is 1. The molecule has 0 radical (unpaired) electrons. The summed E-state index contributed by atoms with van der Waals surface area (Å²) >= 11 is 0. The number of methoxy groups -OCH3 is 1. The molecule has 1 aliphatic heterocycles. The van der Waals surface area contributed by atoms with Crippen molar-refractivity contribution >= 4 is 5.91 Å². The Morgan fingerprint density at radius 2 is 2.04 bits per heavy atom. The van der Waals surface area contributed by atoms with E-state index in [9.17, 15) is 9.90 Å². The van der Waals surface area contributed by atoms with Crippen LogP contribution in [-0.4, -0.2) is 74.4 Å². The number of likely N-dealkylation sites (N-methyl/N-ethyl adjacent to an activating group) is 1. The fourth-order valence-electron chi connectivity index (χ4n) is 4.14. The van der Waals surface area contributed by atoms with Gasteiger partial charge in [-0.05, 0) is 55.5 Å². The molecule has 1 amide bonds. The predicted octanol–water partition coefficient (Wildman–Crippen LogP) is 1.43. The summed E-state index contributed by atoms with van der Waals surface area (Å²) < 4.78 is 5.13. The number of carbonyl (C=O) groups excluding carboxylic acids is 1. The van der Waals surface area contributed by atoms with Crippen molar-refractivity contribution in [2.75, 3.05) is 53.6 Å². The first-order chi connectivity index (χ1) is 12.1. The first-order valence-electron chi connectivity index (χ1n) is 9.31. The van der Waals surface area contributed by atoms with Gasteiger partial charge in [0.2, 0.25) is 0 Å². The Bertz CT molecular complexity index is 605. The topological polar surface area (TPSA) is 53.0 Å². The number of amides is 1. The Hall–Kier alpha value is -1.43. The largest absolute Gasteiger partial charge is 0.396 e.